The van der Waals surface area contributed by atoms with Crippen LogP contribution < -0.4 is 0 Å². The molecule has 2 rings (SSSR count). The molecule has 1 heterocycles. The molecular weight excluding hydrogens is 354 g/mol. The van der Waals surface area contributed by atoms with E-state index in [4.69, 9.17) is 4.98 Å². The molecule has 0 saturated carbocycles. The first-order chi connectivity index (χ1) is 13.9. The Hall–Kier alpha value is -1.67. The fraction of sp³-hybridized carbons (Fsp3) is 0.593. The Kier molecular flexibility index (Phi) is 9.36. The van der Waals surface area contributed by atoms with Crippen LogP contribution in [0.3, 0.4) is 0 Å². The van der Waals surface area contributed by atoms with Crippen LogP contribution in [0.2, 0.25) is 0 Å². The summed E-state index contributed by atoms with van der Waals surface area (Å²) in [6, 6.07) is 9.14. The number of pyridine rings is 1. The van der Waals surface area contributed by atoms with Crippen molar-refractivity contribution in [3.8, 4) is 11.1 Å². The molecule has 2 aromatic rings. The van der Waals surface area contributed by atoms with E-state index in [2.05, 4.69) is 65.8 Å². The highest BCUT2D eigenvalue weighted by atomic mass is 16.2. The van der Waals surface area contributed by atoms with Crippen molar-refractivity contribution in [1.82, 2.24) is 4.98 Å². The van der Waals surface area contributed by atoms with Gasteiger partial charge < -0.3 is 5.11 Å². The maximum atomic E-state index is 9.55. The second-order valence-corrected chi connectivity index (χ2v) is 8.86. The smallest absolute Gasteiger partial charge is 0.0470 e. The Morgan fingerprint density at radius 2 is 1.34 bits per heavy atom. The second kappa shape index (κ2) is 11.5. The highest BCUT2D eigenvalue weighted by Gasteiger charge is 2.23. The van der Waals surface area contributed by atoms with Gasteiger partial charge >= 0.3 is 0 Å². The van der Waals surface area contributed by atoms with Gasteiger partial charge in [-0.2, -0.15) is 0 Å². The summed E-state index contributed by atoms with van der Waals surface area (Å²) in [5.74, 6) is 0.782. The normalized spacial score (nSPS) is 11.6. The molecule has 2 heteroatoms. The molecule has 160 valence electrons. The van der Waals surface area contributed by atoms with Gasteiger partial charge in [-0.15, -0.1) is 0 Å². The molecule has 0 amide bonds. The van der Waals surface area contributed by atoms with E-state index in [1.54, 1.807) is 0 Å². The zero-order chi connectivity index (χ0) is 21.4. The number of rotatable bonds is 11. The first-order valence-electron chi connectivity index (χ1n) is 11.7. The minimum Gasteiger partial charge on any atom is -0.396 e. The SMILES string of the molecule is CCCCCc1c(C(C)C)nc(C(C)C)c(CCCO)c1-c1ccc(CC)cc1. The van der Waals surface area contributed by atoms with E-state index in [0.717, 1.165) is 25.7 Å². The Morgan fingerprint density at radius 1 is 0.793 bits per heavy atom. The zero-order valence-corrected chi connectivity index (χ0v) is 19.5. The van der Waals surface area contributed by atoms with Gasteiger partial charge in [0, 0.05) is 18.0 Å². The van der Waals surface area contributed by atoms with Gasteiger partial charge in [-0.3, -0.25) is 4.98 Å². The topological polar surface area (TPSA) is 33.1 Å². The molecule has 0 fully saturated rings. The van der Waals surface area contributed by atoms with Gasteiger partial charge in [0.25, 0.3) is 0 Å². The second-order valence-electron chi connectivity index (χ2n) is 8.86. The van der Waals surface area contributed by atoms with Crippen LogP contribution in [0.1, 0.15) is 107 Å². The minimum absolute atomic E-state index is 0.225. The van der Waals surface area contributed by atoms with E-state index in [0.29, 0.717) is 11.8 Å². The van der Waals surface area contributed by atoms with Crippen molar-refractivity contribution in [3.63, 3.8) is 0 Å². The Bertz CT molecular complexity index is 759. The van der Waals surface area contributed by atoms with Crippen molar-refractivity contribution in [2.45, 2.75) is 98.3 Å². The van der Waals surface area contributed by atoms with Crippen LogP contribution >= 0.6 is 0 Å². The first-order valence-corrected chi connectivity index (χ1v) is 11.7. The number of aromatic nitrogens is 1. The Morgan fingerprint density at radius 3 is 1.79 bits per heavy atom. The van der Waals surface area contributed by atoms with E-state index in [9.17, 15) is 5.11 Å². The van der Waals surface area contributed by atoms with Crippen molar-refractivity contribution < 1.29 is 5.11 Å². The van der Waals surface area contributed by atoms with Gasteiger partial charge in [0.2, 0.25) is 0 Å². The van der Waals surface area contributed by atoms with E-state index in [1.165, 1.54) is 58.5 Å². The van der Waals surface area contributed by atoms with Crippen molar-refractivity contribution in [2.75, 3.05) is 6.61 Å². The summed E-state index contributed by atoms with van der Waals surface area (Å²) in [4.78, 5) is 5.24. The third-order valence-corrected chi connectivity index (χ3v) is 5.82. The molecule has 0 spiro atoms. The van der Waals surface area contributed by atoms with Crippen LogP contribution in [-0.2, 0) is 19.3 Å². The molecular formula is C27H41NO. The minimum atomic E-state index is 0.225. The predicted octanol–water partition coefficient (Wildman–Crippen LogP) is 7.22. The number of hydrogen-bond acceptors (Lipinski definition) is 2. The molecule has 1 N–H and O–H groups in total. The summed E-state index contributed by atoms with van der Waals surface area (Å²) in [5.41, 5.74) is 9.38. The van der Waals surface area contributed by atoms with Crippen molar-refractivity contribution >= 4 is 0 Å². The zero-order valence-electron chi connectivity index (χ0n) is 19.5. The van der Waals surface area contributed by atoms with Gasteiger partial charge in [0.15, 0.2) is 0 Å². The molecule has 1 aromatic heterocycles. The maximum Gasteiger partial charge on any atom is 0.0470 e. The van der Waals surface area contributed by atoms with Gasteiger partial charge in [-0.25, -0.2) is 0 Å². The van der Waals surface area contributed by atoms with Crippen molar-refractivity contribution in [1.29, 1.82) is 0 Å². The standard InChI is InChI=1S/C27H41NO/c1-7-9-10-12-23-25(22-16-14-21(8-2)15-17-22)24(13-11-18-29)27(20(5)6)28-26(23)19(3)4/h14-17,19-20,29H,7-13,18H2,1-6H3. The van der Waals surface area contributed by atoms with Crippen molar-refractivity contribution in [2.24, 2.45) is 0 Å². The number of aryl methyl sites for hydroxylation is 1. The van der Waals surface area contributed by atoms with Gasteiger partial charge in [-0.1, -0.05) is 78.6 Å². The fourth-order valence-corrected chi connectivity index (χ4v) is 4.23. The molecule has 0 aliphatic heterocycles. The first kappa shape index (κ1) is 23.6. The molecule has 0 unspecified atom stereocenters. The van der Waals surface area contributed by atoms with Crippen LogP contribution in [0.5, 0.6) is 0 Å². The summed E-state index contributed by atoms with van der Waals surface area (Å²) in [7, 11) is 0. The van der Waals surface area contributed by atoms with E-state index < -0.39 is 0 Å². The lowest BCUT2D eigenvalue weighted by Gasteiger charge is -2.25. The van der Waals surface area contributed by atoms with E-state index in [-0.39, 0.29) is 6.61 Å². The average Bonchev–Trinajstić information content (AvgIpc) is 2.71. The number of benzene rings is 1. The Labute approximate surface area is 178 Å². The summed E-state index contributed by atoms with van der Waals surface area (Å²) >= 11 is 0. The lowest BCUT2D eigenvalue weighted by atomic mass is 9.83. The number of unbranched alkanes of at least 4 members (excludes halogenated alkanes) is 2. The average molecular weight is 396 g/mol. The fourth-order valence-electron chi connectivity index (χ4n) is 4.23. The number of aliphatic hydroxyl groups is 1. The summed E-state index contributed by atoms with van der Waals surface area (Å²) in [5, 5.41) is 9.55. The molecule has 2 nitrogen and oxygen atoms in total. The molecule has 0 aliphatic rings. The van der Waals surface area contributed by atoms with E-state index >= 15 is 0 Å². The van der Waals surface area contributed by atoms with E-state index in [1.807, 2.05) is 0 Å². The lowest BCUT2D eigenvalue weighted by Crippen LogP contribution is -2.13. The largest absolute Gasteiger partial charge is 0.396 e. The third-order valence-electron chi connectivity index (χ3n) is 5.82. The van der Waals surface area contributed by atoms with Crippen LogP contribution in [0.15, 0.2) is 24.3 Å². The maximum absolute atomic E-state index is 9.55. The lowest BCUT2D eigenvalue weighted by molar-refractivity contribution is 0.288. The summed E-state index contributed by atoms with van der Waals surface area (Å²) in [6.45, 7) is 13.7. The number of aliphatic hydroxyl groups excluding tert-OH is 1. The monoisotopic (exact) mass is 395 g/mol. The number of hydrogen-bond donors (Lipinski definition) is 1. The molecule has 1 aromatic carbocycles. The summed E-state index contributed by atoms with van der Waals surface area (Å²) in [6.07, 6.45) is 7.52. The third kappa shape index (κ3) is 5.92. The Balaban J connectivity index is 2.78. The van der Waals surface area contributed by atoms with Gasteiger partial charge in [0.05, 0.1) is 0 Å². The molecule has 0 aliphatic carbocycles. The van der Waals surface area contributed by atoms with Crippen LogP contribution in [-0.4, -0.2) is 16.7 Å². The van der Waals surface area contributed by atoms with Gasteiger partial charge in [-0.05, 0) is 71.8 Å². The predicted molar refractivity (Wildman–Crippen MR) is 126 cm³/mol. The molecule has 0 radical (unpaired) electrons. The quantitative estimate of drug-likeness (QED) is 0.408. The van der Waals surface area contributed by atoms with Crippen LogP contribution in [0.25, 0.3) is 11.1 Å². The molecule has 29 heavy (non-hydrogen) atoms. The highest BCUT2D eigenvalue weighted by Crippen LogP contribution is 2.38. The molecule has 0 bridgehead atoms. The van der Waals surface area contributed by atoms with Gasteiger partial charge in [0.1, 0.15) is 0 Å². The molecule has 0 saturated heterocycles. The summed E-state index contributed by atoms with van der Waals surface area (Å²) < 4.78 is 0. The number of nitrogens with zero attached hydrogens (tertiary/aromatic N) is 1. The highest BCUT2D eigenvalue weighted by molar-refractivity contribution is 5.73. The van der Waals surface area contributed by atoms with Crippen LogP contribution in [0.4, 0.5) is 0 Å². The van der Waals surface area contributed by atoms with Crippen LogP contribution in [0, 0.1) is 0 Å². The molecule has 0 atom stereocenters. The van der Waals surface area contributed by atoms with Crippen molar-refractivity contribution in [3.05, 3.63) is 52.3 Å².